The van der Waals surface area contributed by atoms with Gasteiger partial charge in [0.25, 0.3) is 0 Å². The number of hydrogen-bond acceptors (Lipinski definition) is 5. The monoisotopic (exact) mass is 312 g/mol. The van der Waals surface area contributed by atoms with Gasteiger partial charge in [-0.15, -0.1) is 10.2 Å². The zero-order valence-corrected chi connectivity index (χ0v) is 13.4. The molecule has 21 heavy (non-hydrogen) atoms. The van der Waals surface area contributed by atoms with Gasteiger partial charge in [-0.2, -0.15) is 0 Å². The van der Waals surface area contributed by atoms with Crippen LogP contribution in [0.2, 0.25) is 0 Å². The number of hydrogen-bond donors (Lipinski definition) is 2. The van der Waals surface area contributed by atoms with Gasteiger partial charge in [0.2, 0.25) is 0 Å². The van der Waals surface area contributed by atoms with Crippen molar-refractivity contribution in [3.63, 3.8) is 0 Å². The summed E-state index contributed by atoms with van der Waals surface area (Å²) >= 11 is 1.71. The van der Waals surface area contributed by atoms with Crippen molar-refractivity contribution in [2.75, 3.05) is 5.75 Å². The Hall–Kier alpha value is -1.08. The van der Waals surface area contributed by atoms with Gasteiger partial charge in [-0.3, -0.25) is 4.79 Å². The summed E-state index contributed by atoms with van der Waals surface area (Å²) in [6.07, 6.45) is 6.94. The Labute approximate surface area is 129 Å². The maximum absolute atomic E-state index is 10.9. The van der Waals surface area contributed by atoms with E-state index >= 15 is 0 Å². The van der Waals surface area contributed by atoms with Crippen molar-refractivity contribution >= 4 is 17.7 Å². The van der Waals surface area contributed by atoms with Crippen LogP contribution >= 0.6 is 11.8 Å². The average Bonchev–Trinajstić information content (AvgIpc) is 2.67. The van der Waals surface area contributed by atoms with Crippen molar-refractivity contribution in [3.8, 4) is 0 Å². The van der Waals surface area contributed by atoms with Crippen LogP contribution in [0.25, 0.3) is 0 Å². The first-order chi connectivity index (χ1) is 10.0. The number of carboxylic acid groups (broad SMARTS) is 1. The van der Waals surface area contributed by atoms with Crippen LogP contribution in [0.5, 0.6) is 0 Å². The Bertz CT molecular complexity index is 487. The minimum Gasteiger partial charge on any atom is -0.480 e. The Balaban J connectivity index is 1.74. The Morgan fingerprint density at radius 1 is 1.38 bits per heavy atom. The molecule has 0 saturated carbocycles. The highest BCUT2D eigenvalue weighted by molar-refractivity contribution is 7.99. The third-order valence-corrected chi connectivity index (χ3v) is 4.94. The predicted molar refractivity (Wildman–Crippen MR) is 82.4 cm³/mol. The number of carboxylic acids is 1. The number of unbranched alkanes of at least 4 members (excludes halogenated alkanes) is 1. The molecule has 0 fully saturated rings. The molecule has 1 aromatic heterocycles. The fraction of sp³-hybridized carbons (Fsp3) is 0.786. The smallest absolute Gasteiger partial charge is 0.323 e. The van der Waals surface area contributed by atoms with E-state index in [4.69, 9.17) is 10.8 Å². The van der Waals surface area contributed by atoms with Gasteiger partial charge in [0.1, 0.15) is 11.4 Å². The van der Waals surface area contributed by atoms with Gasteiger partial charge >= 0.3 is 5.97 Å². The molecule has 1 aliphatic rings. The molecule has 0 amide bonds. The van der Waals surface area contributed by atoms with Crippen LogP contribution in [0.4, 0.5) is 0 Å². The molecule has 0 spiro atoms. The van der Waals surface area contributed by atoms with E-state index < -0.39 is 11.5 Å². The van der Waals surface area contributed by atoms with Crippen molar-refractivity contribution in [1.82, 2.24) is 14.8 Å². The van der Waals surface area contributed by atoms with Crippen molar-refractivity contribution in [2.24, 2.45) is 5.73 Å². The summed E-state index contributed by atoms with van der Waals surface area (Å²) in [5, 5.41) is 18.5. The second-order valence-electron chi connectivity index (χ2n) is 5.89. The Morgan fingerprint density at radius 3 is 2.95 bits per heavy atom. The Kier molecular flexibility index (Phi) is 5.64. The molecule has 0 radical (unpaired) electrons. The number of carbonyl (C=O) groups is 1. The molecule has 7 heteroatoms. The second kappa shape index (κ2) is 7.26. The third-order valence-electron chi connectivity index (χ3n) is 3.89. The van der Waals surface area contributed by atoms with E-state index in [-0.39, 0.29) is 0 Å². The molecule has 6 nitrogen and oxygen atoms in total. The molecule has 2 rings (SSSR count). The molecule has 0 bridgehead atoms. The highest BCUT2D eigenvalue weighted by atomic mass is 32.2. The fourth-order valence-electron chi connectivity index (χ4n) is 2.43. The average molecular weight is 312 g/mol. The topological polar surface area (TPSA) is 94.0 Å². The van der Waals surface area contributed by atoms with Gasteiger partial charge in [-0.05, 0) is 32.6 Å². The fourth-order valence-corrected chi connectivity index (χ4v) is 3.41. The number of rotatable bonds is 7. The first-order valence-corrected chi connectivity index (χ1v) is 8.56. The summed E-state index contributed by atoms with van der Waals surface area (Å²) in [6, 6.07) is 0. The normalized spacial score (nSPS) is 17.8. The van der Waals surface area contributed by atoms with Gasteiger partial charge in [0, 0.05) is 18.7 Å². The number of aliphatic carboxylic acids is 1. The minimum absolute atomic E-state index is 0.501. The molecule has 3 N–H and O–H groups in total. The molecule has 1 atom stereocenters. The molecule has 118 valence electrons. The molecule has 0 aromatic carbocycles. The van der Waals surface area contributed by atoms with E-state index in [1.54, 1.807) is 18.7 Å². The molecule has 0 saturated heterocycles. The number of fused-ring (bicyclic) bond motifs is 1. The van der Waals surface area contributed by atoms with E-state index in [1.807, 2.05) is 0 Å². The van der Waals surface area contributed by atoms with Gasteiger partial charge in [0.15, 0.2) is 5.16 Å². The van der Waals surface area contributed by atoms with E-state index in [0.29, 0.717) is 6.42 Å². The molecular weight excluding hydrogens is 288 g/mol. The first-order valence-electron chi connectivity index (χ1n) is 7.58. The van der Waals surface area contributed by atoms with Crippen LogP contribution in [0, 0.1) is 0 Å². The van der Waals surface area contributed by atoms with E-state index in [2.05, 4.69) is 14.8 Å². The van der Waals surface area contributed by atoms with Gasteiger partial charge in [-0.1, -0.05) is 24.6 Å². The SMILES string of the molecule is CC(N)(CCCCSc1nnc2n1CCCCC2)C(=O)O. The number of aryl methyl sites for hydroxylation is 1. The first kappa shape index (κ1) is 16.3. The quantitative estimate of drug-likeness (QED) is 0.591. The largest absolute Gasteiger partial charge is 0.480 e. The maximum atomic E-state index is 10.9. The summed E-state index contributed by atoms with van der Waals surface area (Å²) in [7, 11) is 0. The maximum Gasteiger partial charge on any atom is 0.323 e. The lowest BCUT2D eigenvalue weighted by Crippen LogP contribution is -2.44. The molecular formula is C14H24N4O2S. The van der Waals surface area contributed by atoms with Gasteiger partial charge in [0.05, 0.1) is 0 Å². The summed E-state index contributed by atoms with van der Waals surface area (Å²) in [4.78, 5) is 10.9. The molecule has 0 aliphatic carbocycles. The third kappa shape index (κ3) is 4.44. The molecule has 1 aliphatic heterocycles. The van der Waals surface area contributed by atoms with Gasteiger partial charge < -0.3 is 15.4 Å². The lowest BCUT2D eigenvalue weighted by Gasteiger charge is -2.18. The number of nitrogens with zero attached hydrogens (tertiary/aromatic N) is 3. The highest BCUT2D eigenvalue weighted by Crippen LogP contribution is 2.23. The minimum atomic E-state index is -1.11. The highest BCUT2D eigenvalue weighted by Gasteiger charge is 2.26. The predicted octanol–water partition coefficient (Wildman–Crippen LogP) is 2.07. The van der Waals surface area contributed by atoms with Crippen LogP contribution < -0.4 is 5.73 Å². The summed E-state index contributed by atoms with van der Waals surface area (Å²) < 4.78 is 2.24. The van der Waals surface area contributed by atoms with Gasteiger partial charge in [-0.25, -0.2) is 0 Å². The van der Waals surface area contributed by atoms with Crippen LogP contribution in [0.1, 0.15) is 51.3 Å². The molecule has 1 aromatic rings. The van der Waals surface area contributed by atoms with Crippen molar-refractivity contribution in [1.29, 1.82) is 0 Å². The lowest BCUT2D eigenvalue weighted by molar-refractivity contribution is -0.142. The van der Waals surface area contributed by atoms with E-state index in [0.717, 1.165) is 42.5 Å². The number of thioether (sulfide) groups is 1. The Morgan fingerprint density at radius 2 is 2.19 bits per heavy atom. The van der Waals surface area contributed by atoms with E-state index in [9.17, 15) is 4.79 Å². The van der Waals surface area contributed by atoms with Crippen LogP contribution in [0.15, 0.2) is 5.16 Å². The summed E-state index contributed by atoms with van der Waals surface area (Å²) in [6.45, 7) is 2.59. The van der Waals surface area contributed by atoms with Crippen LogP contribution in [-0.4, -0.2) is 37.1 Å². The molecule has 2 heterocycles. The molecule has 1 unspecified atom stereocenters. The van der Waals surface area contributed by atoms with Crippen molar-refractivity contribution in [2.45, 2.75) is 69.1 Å². The summed E-state index contributed by atoms with van der Waals surface area (Å²) in [5.41, 5.74) is 4.60. The van der Waals surface area contributed by atoms with Crippen molar-refractivity contribution < 1.29 is 9.90 Å². The van der Waals surface area contributed by atoms with Crippen molar-refractivity contribution in [3.05, 3.63) is 5.82 Å². The number of nitrogens with two attached hydrogens (primary N) is 1. The standard InChI is InChI=1S/C14H24N4O2S/c1-14(15,12(19)20)8-4-6-10-21-13-17-16-11-7-3-2-5-9-18(11)13/h2-10,15H2,1H3,(H,19,20). The van der Waals surface area contributed by atoms with E-state index in [1.165, 1.54) is 19.3 Å². The second-order valence-corrected chi connectivity index (χ2v) is 6.95. The number of aromatic nitrogens is 3. The van der Waals surface area contributed by atoms with Crippen LogP contribution in [-0.2, 0) is 17.8 Å². The lowest BCUT2D eigenvalue weighted by atomic mass is 9.97. The zero-order valence-electron chi connectivity index (χ0n) is 12.5. The zero-order chi connectivity index (χ0) is 15.3. The summed E-state index contributed by atoms with van der Waals surface area (Å²) in [5.74, 6) is 1.10. The van der Waals surface area contributed by atoms with Crippen LogP contribution in [0.3, 0.4) is 0 Å².